The summed E-state index contributed by atoms with van der Waals surface area (Å²) in [6.45, 7) is 3.39. The van der Waals surface area contributed by atoms with Gasteiger partial charge in [-0.1, -0.05) is 13.8 Å². The predicted octanol–water partition coefficient (Wildman–Crippen LogP) is 3.82. The van der Waals surface area contributed by atoms with Gasteiger partial charge < -0.3 is 9.47 Å². The van der Waals surface area contributed by atoms with Gasteiger partial charge in [0.2, 0.25) is 6.10 Å². The number of ether oxygens (including phenoxy) is 2. The number of carbonyl (C=O) groups excluding carboxylic acids is 2. The zero-order valence-electron chi connectivity index (χ0n) is 14.4. The van der Waals surface area contributed by atoms with Crippen LogP contribution in [0.5, 0.6) is 5.75 Å². The minimum atomic E-state index is -5.22. The van der Waals surface area contributed by atoms with Crippen molar-refractivity contribution in [2.75, 3.05) is 5.75 Å². The largest absolute Gasteiger partial charge is 0.448 e. The molecular formula is C15H15F3I2O7S. The highest BCUT2D eigenvalue weighted by Crippen LogP contribution is 2.30. The second-order valence-corrected chi connectivity index (χ2v) is 9.50. The van der Waals surface area contributed by atoms with Gasteiger partial charge >= 0.3 is 18.1 Å². The van der Waals surface area contributed by atoms with Crippen molar-refractivity contribution in [2.45, 2.75) is 32.5 Å². The molecule has 0 saturated heterocycles. The van der Waals surface area contributed by atoms with E-state index >= 15 is 0 Å². The lowest BCUT2D eigenvalue weighted by Crippen LogP contribution is -2.39. The molecule has 1 rings (SSSR count). The van der Waals surface area contributed by atoms with Crippen LogP contribution in [-0.4, -0.2) is 42.9 Å². The van der Waals surface area contributed by atoms with Crippen LogP contribution in [0.3, 0.4) is 0 Å². The molecule has 0 aromatic heterocycles. The van der Waals surface area contributed by atoms with Crippen molar-refractivity contribution < 1.29 is 45.2 Å². The van der Waals surface area contributed by atoms with Crippen LogP contribution >= 0.6 is 45.2 Å². The molecule has 0 heterocycles. The molecule has 13 heteroatoms. The van der Waals surface area contributed by atoms with Crippen LogP contribution in [0.15, 0.2) is 12.1 Å². The van der Waals surface area contributed by atoms with E-state index in [4.69, 9.17) is 9.29 Å². The molecule has 1 N–H and O–H groups in total. The summed E-state index contributed by atoms with van der Waals surface area (Å²) in [4.78, 5) is 24.1. The number of halogens is 5. The Morgan fingerprint density at radius 1 is 1.21 bits per heavy atom. The van der Waals surface area contributed by atoms with Crippen molar-refractivity contribution in [3.8, 4) is 5.75 Å². The first-order valence-electron chi connectivity index (χ1n) is 7.59. The van der Waals surface area contributed by atoms with E-state index in [2.05, 4.69) is 4.74 Å². The molecule has 28 heavy (non-hydrogen) atoms. The maximum Gasteiger partial charge on any atom is 0.426 e. The van der Waals surface area contributed by atoms with Gasteiger partial charge in [0, 0.05) is 3.57 Å². The van der Waals surface area contributed by atoms with E-state index in [9.17, 15) is 31.2 Å². The average molecular weight is 650 g/mol. The number of hydrogen-bond donors (Lipinski definition) is 1. The van der Waals surface area contributed by atoms with Gasteiger partial charge in [-0.15, -0.1) is 0 Å². The number of hydrogen-bond acceptors (Lipinski definition) is 6. The molecule has 0 aliphatic heterocycles. The van der Waals surface area contributed by atoms with Gasteiger partial charge in [-0.25, -0.2) is 4.79 Å². The van der Waals surface area contributed by atoms with Gasteiger partial charge in [0.25, 0.3) is 10.1 Å². The lowest BCUT2D eigenvalue weighted by molar-refractivity contribution is -0.197. The van der Waals surface area contributed by atoms with Crippen molar-refractivity contribution in [1.29, 1.82) is 0 Å². The summed E-state index contributed by atoms with van der Waals surface area (Å²) < 4.78 is 79.2. The lowest BCUT2D eigenvalue weighted by Gasteiger charge is -2.20. The maximum absolute atomic E-state index is 12.9. The molecule has 7 nitrogen and oxygen atoms in total. The molecule has 1 aromatic carbocycles. The third-order valence-electron chi connectivity index (χ3n) is 3.44. The van der Waals surface area contributed by atoms with Gasteiger partial charge in [0.05, 0.1) is 15.1 Å². The van der Waals surface area contributed by atoms with Crippen molar-refractivity contribution >= 4 is 67.2 Å². The average Bonchev–Trinajstić information content (AvgIpc) is 2.53. The smallest absolute Gasteiger partial charge is 0.426 e. The van der Waals surface area contributed by atoms with Crippen LogP contribution in [0.25, 0.3) is 0 Å². The first-order valence-corrected chi connectivity index (χ1v) is 11.4. The summed E-state index contributed by atoms with van der Waals surface area (Å²) in [5.74, 6) is -4.38. The molecular weight excluding hydrogens is 635 g/mol. The molecule has 158 valence electrons. The number of benzene rings is 1. The van der Waals surface area contributed by atoms with Crippen molar-refractivity contribution in [3.63, 3.8) is 0 Å². The van der Waals surface area contributed by atoms with E-state index in [1.807, 2.05) is 22.6 Å². The Labute approximate surface area is 186 Å². The predicted molar refractivity (Wildman–Crippen MR) is 109 cm³/mol. The van der Waals surface area contributed by atoms with Gasteiger partial charge in [-0.05, 0) is 63.7 Å². The summed E-state index contributed by atoms with van der Waals surface area (Å²) in [6, 6.07) is 2.44. The minimum Gasteiger partial charge on any atom is -0.448 e. The van der Waals surface area contributed by atoms with Crippen LogP contribution < -0.4 is 4.74 Å². The first kappa shape index (κ1) is 25.4. The molecule has 0 bridgehead atoms. The molecule has 0 spiro atoms. The van der Waals surface area contributed by atoms with Gasteiger partial charge in [-0.2, -0.15) is 21.6 Å². The maximum atomic E-state index is 12.9. The topological polar surface area (TPSA) is 107 Å². The Kier molecular flexibility index (Phi) is 8.95. The van der Waals surface area contributed by atoms with E-state index in [-0.39, 0.29) is 14.9 Å². The van der Waals surface area contributed by atoms with Crippen molar-refractivity contribution in [2.24, 2.45) is 5.92 Å². The van der Waals surface area contributed by atoms with Crippen molar-refractivity contribution in [3.05, 3.63) is 24.8 Å². The fourth-order valence-corrected chi connectivity index (χ4v) is 4.22. The van der Waals surface area contributed by atoms with Gasteiger partial charge in [0.15, 0.2) is 0 Å². The first-order chi connectivity index (χ1) is 12.7. The van der Waals surface area contributed by atoms with Crippen LogP contribution in [-0.2, 0) is 19.6 Å². The summed E-state index contributed by atoms with van der Waals surface area (Å²) >= 11 is 3.50. The zero-order valence-corrected chi connectivity index (χ0v) is 19.5. The van der Waals surface area contributed by atoms with Crippen LogP contribution in [0.2, 0.25) is 0 Å². The molecule has 0 radical (unpaired) electrons. The fourth-order valence-electron chi connectivity index (χ4n) is 1.72. The van der Waals surface area contributed by atoms with Crippen LogP contribution in [0, 0.1) is 13.1 Å². The van der Waals surface area contributed by atoms with Gasteiger partial charge in [0.1, 0.15) is 11.5 Å². The summed E-state index contributed by atoms with van der Waals surface area (Å²) in [6.07, 6.45) is -7.78. The number of rotatable bonds is 7. The van der Waals surface area contributed by atoms with Crippen LogP contribution in [0.1, 0.15) is 30.6 Å². The van der Waals surface area contributed by atoms with E-state index in [0.717, 1.165) is 6.07 Å². The molecule has 0 aliphatic carbocycles. The summed E-state index contributed by atoms with van der Waals surface area (Å²) in [5.41, 5.74) is -0.349. The highest BCUT2D eigenvalue weighted by atomic mass is 127. The Bertz CT molecular complexity index is 856. The second kappa shape index (κ2) is 9.88. The molecule has 0 saturated carbocycles. The zero-order chi connectivity index (χ0) is 21.9. The lowest BCUT2D eigenvalue weighted by atomic mass is 10.1. The monoisotopic (exact) mass is 650 g/mol. The second-order valence-electron chi connectivity index (χ2n) is 5.68. The molecule has 0 aliphatic rings. The van der Waals surface area contributed by atoms with Crippen molar-refractivity contribution in [1.82, 2.24) is 0 Å². The molecule has 2 unspecified atom stereocenters. The van der Waals surface area contributed by atoms with Crippen LogP contribution in [0.4, 0.5) is 13.2 Å². The quantitative estimate of drug-likeness (QED) is 0.207. The third kappa shape index (κ3) is 7.62. The molecule has 2 atom stereocenters. The number of carbonyl (C=O) groups is 2. The van der Waals surface area contributed by atoms with E-state index < -0.39 is 46.0 Å². The molecule has 0 fully saturated rings. The highest BCUT2D eigenvalue weighted by Gasteiger charge is 2.45. The normalized spacial score (nSPS) is 14.3. The van der Waals surface area contributed by atoms with E-state index in [0.29, 0.717) is 9.99 Å². The molecule has 1 aromatic rings. The Balaban J connectivity index is 3.18. The number of alkyl halides is 3. The van der Waals surface area contributed by atoms with E-state index in [1.54, 1.807) is 36.4 Å². The Hall–Kier alpha value is -0.680. The number of esters is 2. The summed E-state index contributed by atoms with van der Waals surface area (Å²) in [7, 11) is -5.06. The molecule has 0 amide bonds. The summed E-state index contributed by atoms with van der Waals surface area (Å²) in [5, 5.41) is 0. The fraction of sp³-hybridized carbons (Fsp3) is 0.467. The third-order valence-corrected chi connectivity index (χ3v) is 5.90. The highest BCUT2D eigenvalue weighted by molar-refractivity contribution is 14.1. The Morgan fingerprint density at radius 2 is 1.79 bits per heavy atom. The standard InChI is InChI=1S/C15H15F3I2O7S/c1-3-7(2)13(21)26-11-4-8(9(19)5-10(11)20)14(22)27-12(15(16,17)18)6-28(23,24)25/h4-5,7,12H,3,6H2,1-2H3,(H,23,24,25). The van der Waals surface area contributed by atoms with Gasteiger partial charge in [-0.3, -0.25) is 9.35 Å². The Morgan fingerprint density at radius 3 is 2.25 bits per heavy atom. The minimum absolute atomic E-state index is 0.0448. The van der Waals surface area contributed by atoms with E-state index in [1.165, 1.54) is 6.07 Å². The SMILES string of the molecule is CCC(C)C(=O)Oc1cc(C(=O)OC(CS(=O)(=O)O)C(F)(F)F)c(I)cc1I.